The lowest BCUT2D eigenvalue weighted by Gasteiger charge is -2.35. The van der Waals surface area contributed by atoms with Gasteiger partial charge in [-0.05, 0) is 36.8 Å². The van der Waals surface area contributed by atoms with Gasteiger partial charge >= 0.3 is 6.03 Å². The number of fused-ring (bicyclic) bond motifs is 2. The molecule has 188 valence electrons. The maximum absolute atomic E-state index is 13.6. The number of aromatic nitrogens is 3. The molecule has 0 radical (unpaired) electrons. The first-order chi connectivity index (χ1) is 18.0. The Balaban J connectivity index is 1.20. The number of carbonyl (C=O) groups excluding carboxylic acids is 1. The highest BCUT2D eigenvalue weighted by Crippen LogP contribution is 2.34. The van der Waals surface area contributed by atoms with E-state index in [2.05, 4.69) is 15.3 Å². The van der Waals surface area contributed by atoms with E-state index in [9.17, 15) is 9.59 Å². The first-order valence-corrected chi connectivity index (χ1v) is 12.2. The summed E-state index contributed by atoms with van der Waals surface area (Å²) in [5, 5.41) is 2.92. The largest absolute Gasteiger partial charge is 0.454 e. The molecule has 6 rings (SSSR count). The number of ether oxygens (including phenoxy) is 2. The van der Waals surface area contributed by atoms with Gasteiger partial charge in [0, 0.05) is 44.1 Å². The molecule has 1 fully saturated rings. The van der Waals surface area contributed by atoms with Crippen molar-refractivity contribution in [2.24, 2.45) is 0 Å². The van der Waals surface area contributed by atoms with Crippen LogP contribution in [0.25, 0.3) is 11.2 Å². The lowest BCUT2D eigenvalue weighted by Crippen LogP contribution is -2.51. The summed E-state index contributed by atoms with van der Waals surface area (Å²) < 4.78 is 12.4. The highest BCUT2D eigenvalue weighted by atomic mass is 16.7. The number of piperazine rings is 1. The van der Waals surface area contributed by atoms with E-state index >= 15 is 0 Å². The van der Waals surface area contributed by atoms with Gasteiger partial charge in [0.2, 0.25) is 6.79 Å². The van der Waals surface area contributed by atoms with Gasteiger partial charge in [-0.1, -0.05) is 29.8 Å². The lowest BCUT2D eigenvalue weighted by molar-refractivity contribution is 0.174. The number of nitrogens with one attached hydrogen (secondary N) is 1. The summed E-state index contributed by atoms with van der Waals surface area (Å²) in [6, 6.07) is 16.9. The maximum Gasteiger partial charge on any atom is 0.321 e. The number of anilines is 2. The second-order valence-corrected chi connectivity index (χ2v) is 9.13. The second-order valence-electron chi connectivity index (χ2n) is 9.13. The Morgan fingerprint density at radius 1 is 1.00 bits per heavy atom. The molecular formula is C27H26N6O4. The summed E-state index contributed by atoms with van der Waals surface area (Å²) >= 11 is 0. The van der Waals surface area contributed by atoms with Crippen molar-refractivity contribution in [3.05, 3.63) is 82.3 Å². The maximum atomic E-state index is 13.6. The van der Waals surface area contributed by atoms with Gasteiger partial charge in [0.15, 0.2) is 23.0 Å². The summed E-state index contributed by atoms with van der Waals surface area (Å²) in [6.07, 6.45) is 1.67. The molecule has 0 saturated carbocycles. The number of pyridine rings is 1. The molecule has 4 aromatic rings. The summed E-state index contributed by atoms with van der Waals surface area (Å²) in [4.78, 5) is 39.3. The molecule has 1 N–H and O–H groups in total. The molecule has 2 aliphatic heterocycles. The highest BCUT2D eigenvalue weighted by Gasteiger charge is 2.25. The molecular weight excluding hydrogens is 472 g/mol. The van der Waals surface area contributed by atoms with E-state index in [1.54, 1.807) is 33.9 Å². The molecule has 2 aromatic carbocycles. The van der Waals surface area contributed by atoms with Crippen LogP contribution in [0, 0.1) is 6.92 Å². The van der Waals surface area contributed by atoms with Crippen LogP contribution in [0.5, 0.6) is 11.5 Å². The molecule has 2 amide bonds. The van der Waals surface area contributed by atoms with Crippen molar-refractivity contribution >= 4 is 28.7 Å². The molecule has 0 unspecified atom stereocenters. The number of amides is 2. The number of hydrogen-bond acceptors (Lipinski definition) is 7. The van der Waals surface area contributed by atoms with Crippen molar-refractivity contribution in [2.75, 3.05) is 43.2 Å². The van der Waals surface area contributed by atoms with Crippen LogP contribution in [-0.4, -0.2) is 58.4 Å². The molecule has 4 heterocycles. The smallest absolute Gasteiger partial charge is 0.321 e. The van der Waals surface area contributed by atoms with Gasteiger partial charge in [-0.2, -0.15) is 0 Å². The van der Waals surface area contributed by atoms with Crippen LogP contribution in [0.3, 0.4) is 0 Å². The van der Waals surface area contributed by atoms with E-state index < -0.39 is 0 Å². The first-order valence-electron chi connectivity index (χ1n) is 12.2. The van der Waals surface area contributed by atoms with Crippen molar-refractivity contribution in [2.45, 2.75) is 13.5 Å². The molecule has 1 saturated heterocycles. The number of rotatable bonds is 4. The van der Waals surface area contributed by atoms with Crippen LogP contribution in [0.15, 0.2) is 65.6 Å². The van der Waals surface area contributed by atoms with Crippen LogP contribution in [0.2, 0.25) is 0 Å². The Hall–Kier alpha value is -4.60. The molecule has 0 atom stereocenters. The average molecular weight is 499 g/mol. The first kappa shape index (κ1) is 22.8. The molecule has 37 heavy (non-hydrogen) atoms. The zero-order valence-electron chi connectivity index (χ0n) is 20.4. The molecule has 10 heteroatoms. The van der Waals surface area contributed by atoms with Crippen molar-refractivity contribution in [3.8, 4) is 11.5 Å². The van der Waals surface area contributed by atoms with Crippen molar-refractivity contribution < 1.29 is 14.3 Å². The Kier molecular flexibility index (Phi) is 5.84. The number of hydrogen-bond donors (Lipinski definition) is 1. The van der Waals surface area contributed by atoms with Crippen LogP contribution < -0.4 is 25.2 Å². The Morgan fingerprint density at radius 3 is 2.59 bits per heavy atom. The monoisotopic (exact) mass is 498 g/mol. The van der Waals surface area contributed by atoms with Crippen LogP contribution in [0.4, 0.5) is 16.3 Å². The van der Waals surface area contributed by atoms with E-state index in [0.29, 0.717) is 66.9 Å². The second kappa shape index (κ2) is 9.45. The van der Waals surface area contributed by atoms with Gasteiger partial charge in [-0.3, -0.25) is 9.36 Å². The van der Waals surface area contributed by atoms with Crippen LogP contribution in [-0.2, 0) is 6.54 Å². The minimum atomic E-state index is -0.203. The third-order valence-corrected chi connectivity index (χ3v) is 6.64. The summed E-state index contributed by atoms with van der Waals surface area (Å²) in [5.41, 5.74) is 3.84. The minimum Gasteiger partial charge on any atom is -0.454 e. The fourth-order valence-corrected chi connectivity index (χ4v) is 4.59. The van der Waals surface area contributed by atoms with Crippen molar-refractivity contribution in [1.29, 1.82) is 0 Å². The fraction of sp³-hybridized carbons (Fsp3) is 0.259. The zero-order valence-corrected chi connectivity index (χ0v) is 20.4. The van der Waals surface area contributed by atoms with Gasteiger partial charge in [0.1, 0.15) is 5.52 Å². The zero-order chi connectivity index (χ0) is 25.4. The lowest BCUT2D eigenvalue weighted by atomic mass is 10.1. The third-order valence-electron chi connectivity index (χ3n) is 6.64. The third kappa shape index (κ3) is 4.53. The number of carbonyl (C=O) groups is 1. The number of urea groups is 1. The standard InChI is InChI=1S/C27H26N6O4/c1-18-4-6-19(7-5-18)16-33-24-21(3-2-10-28-24)30-25(26(33)34)31-11-13-32(14-12-31)27(35)29-20-8-9-22-23(15-20)37-17-36-22/h2-10,15H,11-14,16-17H2,1H3,(H,29,35). The van der Waals surface area contributed by atoms with Gasteiger partial charge in [-0.15, -0.1) is 0 Å². The predicted octanol–water partition coefficient (Wildman–Crippen LogP) is 3.23. The molecule has 0 spiro atoms. The highest BCUT2D eigenvalue weighted by molar-refractivity contribution is 5.90. The van der Waals surface area contributed by atoms with Gasteiger partial charge in [0.25, 0.3) is 5.56 Å². The molecule has 0 bridgehead atoms. The molecule has 2 aliphatic rings. The van der Waals surface area contributed by atoms with Gasteiger partial charge in [0.05, 0.1) is 6.54 Å². The number of benzene rings is 2. The summed E-state index contributed by atoms with van der Waals surface area (Å²) in [5.74, 6) is 1.66. The van der Waals surface area contributed by atoms with Crippen molar-refractivity contribution in [1.82, 2.24) is 19.4 Å². The Morgan fingerprint density at radius 2 is 1.78 bits per heavy atom. The van der Waals surface area contributed by atoms with E-state index in [-0.39, 0.29) is 18.4 Å². The van der Waals surface area contributed by atoms with Crippen LogP contribution in [0.1, 0.15) is 11.1 Å². The van der Waals surface area contributed by atoms with E-state index in [1.807, 2.05) is 48.2 Å². The van der Waals surface area contributed by atoms with Crippen molar-refractivity contribution in [3.63, 3.8) is 0 Å². The van der Waals surface area contributed by atoms with E-state index in [0.717, 1.165) is 11.1 Å². The molecule has 0 aliphatic carbocycles. The van der Waals surface area contributed by atoms with E-state index in [4.69, 9.17) is 9.47 Å². The van der Waals surface area contributed by atoms with Gasteiger partial charge < -0.3 is 24.6 Å². The normalized spacial score (nSPS) is 14.7. The molecule has 2 aromatic heterocycles. The Bertz CT molecular complexity index is 1530. The van der Waals surface area contributed by atoms with Gasteiger partial charge in [-0.25, -0.2) is 14.8 Å². The fourth-order valence-electron chi connectivity index (χ4n) is 4.59. The van der Waals surface area contributed by atoms with Crippen LogP contribution >= 0.6 is 0 Å². The topological polar surface area (TPSA) is 102 Å². The number of nitrogens with zero attached hydrogens (tertiary/aromatic N) is 5. The minimum absolute atomic E-state index is 0.181. The summed E-state index contributed by atoms with van der Waals surface area (Å²) in [7, 11) is 0. The quantitative estimate of drug-likeness (QED) is 0.461. The number of aryl methyl sites for hydroxylation is 1. The van der Waals surface area contributed by atoms with E-state index in [1.165, 1.54) is 0 Å². The average Bonchev–Trinajstić information content (AvgIpc) is 3.39. The summed E-state index contributed by atoms with van der Waals surface area (Å²) in [6.45, 7) is 4.52. The SMILES string of the molecule is Cc1ccc(Cn2c(=O)c(N3CCN(C(=O)Nc4ccc5c(c4)OCO5)CC3)nc3cccnc32)cc1. The Labute approximate surface area is 213 Å². The predicted molar refractivity (Wildman–Crippen MR) is 139 cm³/mol. The molecule has 10 nitrogen and oxygen atoms in total.